The number of hydrogen-bond donors (Lipinski definition) is 2. The minimum Gasteiger partial charge on any atom is -0.356 e. The summed E-state index contributed by atoms with van der Waals surface area (Å²) in [5.74, 6) is 0.0948. The molecule has 1 heterocycles. The van der Waals surface area contributed by atoms with E-state index in [0.29, 0.717) is 25.6 Å². The van der Waals surface area contributed by atoms with Gasteiger partial charge in [-0.25, -0.2) is 4.98 Å². The summed E-state index contributed by atoms with van der Waals surface area (Å²) in [7, 11) is 0. The Hall–Kier alpha value is -1.36. The maximum Gasteiger partial charge on any atom is 0.221 e. The first-order chi connectivity index (χ1) is 8.15. The van der Waals surface area contributed by atoms with Gasteiger partial charge in [-0.3, -0.25) is 4.79 Å². The highest BCUT2D eigenvalue weighted by Crippen LogP contribution is 2.08. The van der Waals surface area contributed by atoms with Gasteiger partial charge in [-0.1, -0.05) is 0 Å². The summed E-state index contributed by atoms with van der Waals surface area (Å²) in [6.45, 7) is 8.30. The minimum atomic E-state index is 0.0948. The molecule has 5 heteroatoms. The van der Waals surface area contributed by atoms with Gasteiger partial charge in [-0.15, -0.1) is 0 Å². The van der Waals surface area contributed by atoms with Gasteiger partial charge in [0.2, 0.25) is 5.91 Å². The quantitative estimate of drug-likeness (QED) is 0.699. The van der Waals surface area contributed by atoms with Crippen molar-refractivity contribution in [2.24, 2.45) is 0 Å². The van der Waals surface area contributed by atoms with Crippen LogP contribution in [-0.4, -0.2) is 28.5 Å². The molecule has 1 rings (SSSR count). The normalized spacial score (nSPS) is 10.8. The summed E-state index contributed by atoms with van der Waals surface area (Å²) < 4.78 is 2.12. The Morgan fingerprint density at radius 3 is 2.94 bits per heavy atom. The number of nitrogens with one attached hydrogen (secondary N) is 2. The van der Waals surface area contributed by atoms with E-state index in [4.69, 9.17) is 0 Å². The van der Waals surface area contributed by atoms with Gasteiger partial charge < -0.3 is 15.2 Å². The summed E-state index contributed by atoms with van der Waals surface area (Å²) in [6.07, 6.45) is 4.22. The first-order valence-electron chi connectivity index (χ1n) is 6.13. The highest BCUT2D eigenvalue weighted by molar-refractivity contribution is 5.75. The Bertz CT molecular complexity index is 346. The Morgan fingerprint density at radius 1 is 1.53 bits per heavy atom. The van der Waals surface area contributed by atoms with Crippen LogP contribution in [0.25, 0.3) is 0 Å². The molecular weight excluding hydrogens is 216 g/mol. The topological polar surface area (TPSA) is 59.0 Å². The fraction of sp³-hybridized carbons (Fsp3) is 0.667. The Morgan fingerprint density at radius 2 is 2.29 bits per heavy atom. The first-order valence-corrected chi connectivity index (χ1v) is 6.13. The number of imidazole rings is 1. The lowest BCUT2D eigenvalue weighted by molar-refractivity contribution is -0.120. The Balaban J connectivity index is 2.26. The molecule has 0 bridgehead atoms. The molecule has 5 nitrogen and oxygen atoms in total. The van der Waals surface area contributed by atoms with E-state index in [2.05, 4.69) is 34.0 Å². The van der Waals surface area contributed by atoms with Gasteiger partial charge in [-0.2, -0.15) is 0 Å². The van der Waals surface area contributed by atoms with Crippen LogP contribution in [0.4, 0.5) is 0 Å². The van der Waals surface area contributed by atoms with Crippen molar-refractivity contribution >= 4 is 5.91 Å². The minimum absolute atomic E-state index is 0.0948. The lowest BCUT2D eigenvalue weighted by atomic mass is 10.3. The SMILES string of the molecule is CCNC(=O)CCNCc1cncn1C(C)C. The van der Waals surface area contributed by atoms with Gasteiger partial charge in [0.15, 0.2) is 0 Å². The van der Waals surface area contributed by atoms with Crippen LogP contribution in [0, 0.1) is 0 Å². The predicted molar refractivity (Wildman–Crippen MR) is 67.6 cm³/mol. The van der Waals surface area contributed by atoms with Crippen molar-refractivity contribution in [2.45, 2.75) is 39.8 Å². The maximum absolute atomic E-state index is 11.2. The van der Waals surface area contributed by atoms with Crippen molar-refractivity contribution in [1.82, 2.24) is 20.2 Å². The highest BCUT2D eigenvalue weighted by atomic mass is 16.1. The third kappa shape index (κ3) is 4.56. The van der Waals surface area contributed by atoms with E-state index in [-0.39, 0.29) is 5.91 Å². The number of nitrogens with zero attached hydrogens (tertiary/aromatic N) is 2. The largest absolute Gasteiger partial charge is 0.356 e. The summed E-state index contributed by atoms with van der Waals surface area (Å²) in [5, 5.41) is 6.02. The summed E-state index contributed by atoms with van der Waals surface area (Å²) in [4.78, 5) is 15.3. The van der Waals surface area contributed by atoms with Crippen molar-refractivity contribution in [3.05, 3.63) is 18.2 Å². The first kappa shape index (κ1) is 13.7. The van der Waals surface area contributed by atoms with Crippen molar-refractivity contribution < 1.29 is 4.79 Å². The van der Waals surface area contributed by atoms with Crippen LogP contribution in [0.1, 0.15) is 38.9 Å². The van der Waals surface area contributed by atoms with Crippen molar-refractivity contribution in [3.8, 4) is 0 Å². The molecule has 0 aliphatic heterocycles. The molecule has 1 amide bonds. The van der Waals surface area contributed by atoms with Crippen LogP contribution in [-0.2, 0) is 11.3 Å². The molecule has 0 aliphatic carbocycles. The lowest BCUT2D eigenvalue weighted by Crippen LogP contribution is -2.27. The zero-order valence-corrected chi connectivity index (χ0v) is 10.9. The van der Waals surface area contributed by atoms with Gasteiger partial charge in [0.1, 0.15) is 0 Å². The van der Waals surface area contributed by atoms with Gasteiger partial charge in [0, 0.05) is 38.3 Å². The molecule has 0 unspecified atom stereocenters. The molecule has 0 saturated heterocycles. The fourth-order valence-electron chi connectivity index (χ4n) is 1.64. The molecule has 1 aromatic heterocycles. The standard InChI is InChI=1S/C12H22N4O/c1-4-15-12(17)5-6-13-7-11-8-14-9-16(11)10(2)3/h8-10,13H,4-7H2,1-3H3,(H,15,17). The summed E-state index contributed by atoms with van der Waals surface area (Å²) >= 11 is 0. The predicted octanol–water partition coefficient (Wildman–Crippen LogP) is 1.08. The third-order valence-electron chi connectivity index (χ3n) is 2.51. The van der Waals surface area contributed by atoms with Crippen molar-refractivity contribution in [1.29, 1.82) is 0 Å². The molecule has 0 aromatic carbocycles. The maximum atomic E-state index is 11.2. The second-order valence-corrected chi connectivity index (χ2v) is 4.27. The molecule has 17 heavy (non-hydrogen) atoms. The van der Waals surface area contributed by atoms with Crippen LogP contribution in [0.5, 0.6) is 0 Å². The highest BCUT2D eigenvalue weighted by Gasteiger charge is 2.05. The van der Waals surface area contributed by atoms with E-state index in [0.717, 1.165) is 12.2 Å². The van der Waals surface area contributed by atoms with Crippen LogP contribution in [0.2, 0.25) is 0 Å². The van der Waals surface area contributed by atoms with E-state index < -0.39 is 0 Å². The van der Waals surface area contributed by atoms with Gasteiger partial charge in [0.25, 0.3) is 0 Å². The molecular formula is C12H22N4O. The number of amides is 1. The van der Waals surface area contributed by atoms with Crippen LogP contribution >= 0.6 is 0 Å². The number of aromatic nitrogens is 2. The molecule has 96 valence electrons. The fourth-order valence-corrected chi connectivity index (χ4v) is 1.64. The average molecular weight is 238 g/mol. The molecule has 0 saturated carbocycles. The van der Waals surface area contributed by atoms with E-state index in [9.17, 15) is 4.79 Å². The summed E-state index contributed by atoms with van der Waals surface area (Å²) in [5.41, 5.74) is 1.15. The van der Waals surface area contributed by atoms with E-state index in [1.165, 1.54) is 0 Å². The molecule has 0 fully saturated rings. The van der Waals surface area contributed by atoms with E-state index in [1.54, 1.807) is 0 Å². The Labute approximate surface area is 103 Å². The molecule has 0 aliphatic rings. The van der Waals surface area contributed by atoms with E-state index >= 15 is 0 Å². The number of carbonyl (C=O) groups excluding carboxylic acids is 1. The zero-order chi connectivity index (χ0) is 12.7. The van der Waals surface area contributed by atoms with Crippen LogP contribution in [0.3, 0.4) is 0 Å². The molecule has 0 spiro atoms. The second kappa shape index (κ2) is 7.06. The molecule has 0 atom stereocenters. The van der Waals surface area contributed by atoms with Gasteiger partial charge in [0.05, 0.1) is 12.0 Å². The summed E-state index contributed by atoms with van der Waals surface area (Å²) in [6, 6.07) is 0.415. The third-order valence-corrected chi connectivity index (χ3v) is 2.51. The average Bonchev–Trinajstić information content (AvgIpc) is 2.73. The number of carbonyl (C=O) groups is 1. The number of hydrogen-bond acceptors (Lipinski definition) is 3. The van der Waals surface area contributed by atoms with Crippen LogP contribution < -0.4 is 10.6 Å². The second-order valence-electron chi connectivity index (χ2n) is 4.27. The van der Waals surface area contributed by atoms with Gasteiger partial charge >= 0.3 is 0 Å². The van der Waals surface area contributed by atoms with Crippen molar-refractivity contribution in [2.75, 3.05) is 13.1 Å². The van der Waals surface area contributed by atoms with Crippen LogP contribution in [0.15, 0.2) is 12.5 Å². The Kier molecular flexibility index (Phi) is 5.69. The van der Waals surface area contributed by atoms with Gasteiger partial charge in [-0.05, 0) is 20.8 Å². The smallest absolute Gasteiger partial charge is 0.221 e. The lowest BCUT2D eigenvalue weighted by Gasteiger charge is -2.12. The molecule has 0 radical (unpaired) electrons. The molecule has 1 aromatic rings. The molecule has 2 N–H and O–H groups in total. The van der Waals surface area contributed by atoms with Crippen molar-refractivity contribution in [3.63, 3.8) is 0 Å². The zero-order valence-electron chi connectivity index (χ0n) is 10.9. The van der Waals surface area contributed by atoms with E-state index in [1.807, 2.05) is 19.4 Å². The monoisotopic (exact) mass is 238 g/mol. The number of rotatable bonds is 7.